The highest BCUT2D eigenvalue weighted by Crippen LogP contribution is 2.46. The molecule has 31 heavy (non-hydrogen) atoms. The van der Waals surface area contributed by atoms with Crippen molar-refractivity contribution in [2.75, 3.05) is 11.3 Å². The van der Waals surface area contributed by atoms with Gasteiger partial charge in [0.1, 0.15) is 12.0 Å². The zero-order chi connectivity index (χ0) is 21.8. The van der Waals surface area contributed by atoms with Crippen molar-refractivity contribution in [3.8, 4) is 11.7 Å². The molecule has 1 aliphatic carbocycles. The highest BCUT2D eigenvalue weighted by atomic mass is 32.2. The van der Waals surface area contributed by atoms with Crippen molar-refractivity contribution in [3.05, 3.63) is 60.4 Å². The van der Waals surface area contributed by atoms with E-state index in [0.29, 0.717) is 35.9 Å². The minimum absolute atomic E-state index is 0.234. The molecule has 1 fully saturated rings. The summed E-state index contributed by atoms with van der Waals surface area (Å²) in [6.07, 6.45) is 7.63. The van der Waals surface area contributed by atoms with Crippen molar-refractivity contribution in [3.63, 3.8) is 0 Å². The fourth-order valence-corrected chi connectivity index (χ4v) is 3.48. The lowest BCUT2D eigenvalue weighted by Gasteiger charge is -2.18. The number of nitrogens with zero attached hydrogens (tertiary/aromatic N) is 4. The number of nitrogens with one attached hydrogen (secondary N) is 2. The molecule has 1 saturated carbocycles. The van der Waals surface area contributed by atoms with Gasteiger partial charge in [-0.25, -0.2) is 4.98 Å². The Bertz CT molecular complexity index is 1070. The molecular formula is C20H20F2N6O2S. The zero-order valence-electron chi connectivity index (χ0n) is 16.6. The lowest BCUT2D eigenvalue weighted by molar-refractivity contribution is 0.0926. The number of alkyl halides is 2. The first-order valence-electron chi connectivity index (χ1n) is 9.61. The first-order valence-corrected chi connectivity index (χ1v) is 10.5. The first kappa shape index (κ1) is 21.0. The average Bonchev–Trinajstić information content (AvgIpc) is 3.37. The molecule has 1 aliphatic rings. The molecule has 2 N–H and O–H groups in total. The topological polar surface area (TPSA) is 94.0 Å². The second kappa shape index (κ2) is 8.88. The van der Waals surface area contributed by atoms with Crippen LogP contribution < -0.4 is 14.8 Å². The number of hydrogen-bond acceptors (Lipinski definition) is 7. The maximum Gasteiger partial charge on any atom is 0.302 e. The molecule has 0 atom stereocenters. The average molecular weight is 446 g/mol. The van der Waals surface area contributed by atoms with Gasteiger partial charge >= 0.3 is 5.76 Å². The molecule has 4 rings (SSSR count). The molecule has 0 saturated heterocycles. The Kier molecular flexibility index (Phi) is 6.03. The van der Waals surface area contributed by atoms with Crippen LogP contribution in [0.5, 0.6) is 5.88 Å². The SMILES string of the molecule is CCOc1cncc(-n2cnc(C(=O)NC3(c4cccc(NSC(F)F)c4)CC3)c2)n1. The van der Waals surface area contributed by atoms with Gasteiger partial charge in [0.15, 0.2) is 5.82 Å². The quantitative estimate of drug-likeness (QED) is 0.483. The second-order valence-corrected chi connectivity index (χ2v) is 7.71. The van der Waals surface area contributed by atoms with Crippen molar-refractivity contribution in [2.45, 2.75) is 31.1 Å². The van der Waals surface area contributed by atoms with Crippen LogP contribution in [-0.4, -0.2) is 37.8 Å². The predicted octanol–water partition coefficient (Wildman–Crippen LogP) is 3.76. The summed E-state index contributed by atoms with van der Waals surface area (Å²) in [7, 11) is 0. The molecule has 0 radical (unpaired) electrons. The lowest BCUT2D eigenvalue weighted by Crippen LogP contribution is -2.35. The molecule has 0 aliphatic heterocycles. The van der Waals surface area contributed by atoms with E-state index in [-0.39, 0.29) is 11.6 Å². The van der Waals surface area contributed by atoms with E-state index in [4.69, 9.17) is 4.74 Å². The number of imidazole rings is 1. The summed E-state index contributed by atoms with van der Waals surface area (Å²) in [6, 6.07) is 7.12. The molecular weight excluding hydrogens is 426 g/mol. The van der Waals surface area contributed by atoms with Crippen LogP contribution in [0.2, 0.25) is 0 Å². The van der Waals surface area contributed by atoms with Gasteiger partial charge in [0, 0.05) is 23.8 Å². The number of halogens is 2. The van der Waals surface area contributed by atoms with E-state index < -0.39 is 11.3 Å². The van der Waals surface area contributed by atoms with Gasteiger partial charge < -0.3 is 14.8 Å². The van der Waals surface area contributed by atoms with Gasteiger partial charge in [-0.1, -0.05) is 12.1 Å². The molecule has 2 aromatic heterocycles. The number of carbonyl (C=O) groups excluding carboxylic acids is 1. The molecule has 1 aromatic carbocycles. The van der Waals surface area contributed by atoms with Gasteiger partial charge in [0.2, 0.25) is 5.88 Å². The summed E-state index contributed by atoms with van der Waals surface area (Å²) in [5, 5.41) is 3.03. The summed E-state index contributed by atoms with van der Waals surface area (Å²) in [6.45, 7) is 2.32. The molecule has 162 valence electrons. The Hall–Kier alpha value is -3.21. The van der Waals surface area contributed by atoms with Gasteiger partial charge in [-0.05, 0) is 37.5 Å². The number of aromatic nitrogens is 4. The third-order valence-corrected chi connectivity index (χ3v) is 5.29. The van der Waals surface area contributed by atoms with Crippen molar-refractivity contribution in [1.29, 1.82) is 0 Å². The minimum atomic E-state index is -2.52. The largest absolute Gasteiger partial charge is 0.477 e. The van der Waals surface area contributed by atoms with Crippen LogP contribution in [0.4, 0.5) is 14.5 Å². The number of ether oxygens (including phenoxy) is 1. The molecule has 1 amide bonds. The number of hydrogen-bond donors (Lipinski definition) is 2. The van der Waals surface area contributed by atoms with Gasteiger partial charge in [-0.2, -0.15) is 13.8 Å². The molecule has 0 unspecified atom stereocenters. The maximum atomic E-state index is 12.8. The van der Waals surface area contributed by atoms with E-state index in [0.717, 1.165) is 18.4 Å². The van der Waals surface area contributed by atoms with Gasteiger partial charge in [0.05, 0.1) is 24.5 Å². The zero-order valence-corrected chi connectivity index (χ0v) is 17.4. The molecule has 3 aromatic rings. The Morgan fingerprint density at radius 3 is 2.94 bits per heavy atom. The smallest absolute Gasteiger partial charge is 0.302 e. The Morgan fingerprint density at radius 2 is 2.19 bits per heavy atom. The van der Waals surface area contributed by atoms with E-state index in [1.165, 1.54) is 12.5 Å². The first-order chi connectivity index (χ1) is 15.0. The van der Waals surface area contributed by atoms with Crippen molar-refractivity contribution >= 4 is 23.5 Å². The highest BCUT2D eigenvalue weighted by molar-refractivity contribution is 8.00. The second-order valence-electron chi connectivity index (χ2n) is 6.91. The summed E-state index contributed by atoms with van der Waals surface area (Å²) < 4.78 is 34.4. The van der Waals surface area contributed by atoms with E-state index in [9.17, 15) is 13.6 Å². The summed E-state index contributed by atoms with van der Waals surface area (Å²) in [4.78, 5) is 25.4. The van der Waals surface area contributed by atoms with Crippen LogP contribution in [0.15, 0.2) is 49.2 Å². The van der Waals surface area contributed by atoms with Crippen LogP contribution in [0.25, 0.3) is 5.82 Å². The molecule has 11 heteroatoms. The lowest BCUT2D eigenvalue weighted by atomic mass is 10.0. The summed E-state index contributed by atoms with van der Waals surface area (Å²) >= 11 is 0.336. The van der Waals surface area contributed by atoms with E-state index in [1.807, 2.05) is 13.0 Å². The number of carbonyl (C=O) groups is 1. The third-order valence-electron chi connectivity index (χ3n) is 4.76. The van der Waals surface area contributed by atoms with Crippen molar-refractivity contribution in [1.82, 2.24) is 24.8 Å². The number of anilines is 1. The van der Waals surface area contributed by atoms with E-state index in [1.54, 1.807) is 35.2 Å². The van der Waals surface area contributed by atoms with Crippen molar-refractivity contribution in [2.24, 2.45) is 0 Å². The van der Waals surface area contributed by atoms with Gasteiger partial charge in [-0.15, -0.1) is 0 Å². The monoisotopic (exact) mass is 446 g/mol. The normalized spacial score (nSPS) is 14.3. The Morgan fingerprint density at radius 1 is 1.35 bits per heavy atom. The molecule has 0 bridgehead atoms. The third kappa shape index (κ3) is 4.93. The number of rotatable bonds is 9. The molecule has 2 heterocycles. The number of amides is 1. The van der Waals surface area contributed by atoms with Crippen LogP contribution in [0, 0.1) is 0 Å². The fourth-order valence-electron chi connectivity index (χ4n) is 3.13. The van der Waals surface area contributed by atoms with Crippen LogP contribution in [0.1, 0.15) is 35.8 Å². The minimum Gasteiger partial charge on any atom is -0.477 e. The van der Waals surface area contributed by atoms with Gasteiger partial charge in [0.25, 0.3) is 5.91 Å². The number of benzene rings is 1. The maximum absolute atomic E-state index is 12.8. The van der Waals surface area contributed by atoms with E-state index in [2.05, 4.69) is 25.0 Å². The van der Waals surface area contributed by atoms with E-state index >= 15 is 0 Å². The summed E-state index contributed by atoms with van der Waals surface area (Å²) in [5.74, 6) is -1.98. The standard InChI is InChI=1S/C20H20F2N6O2S/c1-2-30-17-10-23-9-16(25-17)28-11-15(24-12-28)18(29)26-20(6-7-20)13-4-3-5-14(8-13)27-31-19(21)22/h3-5,8-12,19,27H,2,6-7H2,1H3,(H,26,29). The van der Waals surface area contributed by atoms with Crippen LogP contribution in [0.3, 0.4) is 0 Å². The Balaban J connectivity index is 1.47. The van der Waals surface area contributed by atoms with Crippen molar-refractivity contribution < 1.29 is 18.3 Å². The summed E-state index contributed by atoms with van der Waals surface area (Å²) in [5.41, 5.74) is 1.12. The van der Waals surface area contributed by atoms with Crippen LogP contribution in [-0.2, 0) is 5.54 Å². The fraction of sp³-hybridized carbons (Fsp3) is 0.300. The van der Waals surface area contributed by atoms with Crippen LogP contribution >= 0.6 is 11.9 Å². The highest BCUT2D eigenvalue weighted by Gasteiger charge is 2.46. The van der Waals surface area contributed by atoms with Gasteiger partial charge in [-0.3, -0.25) is 14.3 Å². The molecule has 0 spiro atoms. The molecule has 8 nitrogen and oxygen atoms in total. The Labute approximate surface area is 181 Å². The predicted molar refractivity (Wildman–Crippen MR) is 112 cm³/mol.